The molecule has 2 heterocycles. The maximum absolute atomic E-state index is 10.6. The van der Waals surface area contributed by atoms with Crippen LogP contribution in [0, 0.1) is 13.8 Å². The second-order valence-electron chi connectivity index (χ2n) is 4.01. The topological polar surface area (TPSA) is 93.8 Å². The van der Waals surface area contributed by atoms with Crippen LogP contribution < -0.4 is 0 Å². The van der Waals surface area contributed by atoms with E-state index in [9.17, 15) is 4.79 Å². The van der Waals surface area contributed by atoms with Crippen LogP contribution in [0.15, 0.2) is 11.2 Å². The first-order valence-electron chi connectivity index (χ1n) is 5.54. The summed E-state index contributed by atoms with van der Waals surface area (Å²) in [7, 11) is 1.73. The minimum absolute atomic E-state index is 0.0431. The van der Waals surface area contributed by atoms with Crippen molar-refractivity contribution in [3.63, 3.8) is 0 Å². The molecule has 0 fully saturated rings. The highest BCUT2D eigenvalue weighted by Crippen LogP contribution is 2.22. The third-order valence-corrected chi connectivity index (χ3v) is 3.39. The molecule has 0 atom stereocenters. The molecule has 0 saturated carbocycles. The number of aliphatic carboxylic acids is 1. The summed E-state index contributed by atoms with van der Waals surface area (Å²) in [6, 6.07) is 1.86. The number of nitrogens with zero attached hydrogens (tertiary/aromatic N) is 5. The first-order valence-corrected chi connectivity index (χ1v) is 6.53. The van der Waals surface area contributed by atoms with Gasteiger partial charge in [-0.2, -0.15) is 15.3 Å². The van der Waals surface area contributed by atoms with Crippen molar-refractivity contribution in [1.82, 2.24) is 25.0 Å². The van der Waals surface area contributed by atoms with E-state index in [2.05, 4.69) is 20.3 Å². The van der Waals surface area contributed by atoms with E-state index >= 15 is 0 Å². The fourth-order valence-corrected chi connectivity index (χ4v) is 2.14. The van der Waals surface area contributed by atoms with Gasteiger partial charge in [0.05, 0.1) is 17.1 Å². The van der Waals surface area contributed by atoms with Gasteiger partial charge in [0, 0.05) is 12.6 Å². The molecule has 7 nitrogen and oxygen atoms in total. The molecule has 8 heteroatoms. The smallest absolute Gasteiger partial charge is 0.313 e. The van der Waals surface area contributed by atoms with Crippen LogP contribution in [0.4, 0.5) is 0 Å². The van der Waals surface area contributed by atoms with E-state index in [1.165, 1.54) is 0 Å². The molecular formula is C11H13N5O2S. The zero-order chi connectivity index (χ0) is 14.0. The SMILES string of the molecule is Cc1cc(-c2nc(SCC(=O)O)n(C)n2)c(C)nn1. The molecule has 0 aromatic carbocycles. The van der Waals surface area contributed by atoms with Crippen molar-refractivity contribution in [3.05, 3.63) is 17.5 Å². The Kier molecular flexibility index (Phi) is 3.79. The Morgan fingerprint density at radius 2 is 2.16 bits per heavy atom. The quantitative estimate of drug-likeness (QED) is 0.836. The van der Waals surface area contributed by atoms with Gasteiger partial charge in [0.25, 0.3) is 0 Å². The maximum Gasteiger partial charge on any atom is 0.313 e. The second kappa shape index (κ2) is 5.35. The number of hydrogen-bond donors (Lipinski definition) is 1. The summed E-state index contributed by atoms with van der Waals surface area (Å²) in [5.74, 6) is -0.392. The van der Waals surface area contributed by atoms with Gasteiger partial charge >= 0.3 is 5.97 Å². The van der Waals surface area contributed by atoms with E-state index in [4.69, 9.17) is 5.11 Å². The van der Waals surface area contributed by atoms with Gasteiger partial charge in [0.1, 0.15) is 0 Å². The Morgan fingerprint density at radius 1 is 1.42 bits per heavy atom. The van der Waals surface area contributed by atoms with Crippen LogP contribution in [0.5, 0.6) is 0 Å². The fraction of sp³-hybridized carbons (Fsp3) is 0.364. The largest absolute Gasteiger partial charge is 0.481 e. The van der Waals surface area contributed by atoms with E-state index in [-0.39, 0.29) is 5.75 Å². The molecule has 0 radical (unpaired) electrons. The number of thioether (sulfide) groups is 1. The van der Waals surface area contributed by atoms with Crippen molar-refractivity contribution in [2.75, 3.05) is 5.75 Å². The highest BCUT2D eigenvalue weighted by atomic mass is 32.2. The standard InChI is InChI=1S/C11H13N5O2S/c1-6-4-8(7(2)14-13-6)10-12-11(16(3)15-10)19-5-9(17)18/h4H,5H2,1-3H3,(H,17,18). The van der Waals surface area contributed by atoms with Crippen molar-refractivity contribution in [1.29, 1.82) is 0 Å². The van der Waals surface area contributed by atoms with Crippen molar-refractivity contribution in [2.45, 2.75) is 19.0 Å². The van der Waals surface area contributed by atoms with Crippen LogP contribution in [0.25, 0.3) is 11.4 Å². The number of rotatable bonds is 4. The number of aromatic nitrogens is 5. The minimum Gasteiger partial charge on any atom is -0.481 e. The summed E-state index contributed by atoms with van der Waals surface area (Å²) in [6.07, 6.45) is 0. The molecule has 0 bridgehead atoms. The molecule has 2 rings (SSSR count). The molecule has 19 heavy (non-hydrogen) atoms. The van der Waals surface area contributed by atoms with E-state index in [1.54, 1.807) is 11.7 Å². The van der Waals surface area contributed by atoms with Crippen LogP contribution in [-0.4, -0.2) is 41.8 Å². The van der Waals surface area contributed by atoms with E-state index in [0.717, 1.165) is 28.7 Å². The molecule has 0 spiro atoms. The number of carbonyl (C=O) groups is 1. The monoisotopic (exact) mass is 279 g/mol. The van der Waals surface area contributed by atoms with Gasteiger partial charge in [-0.1, -0.05) is 11.8 Å². The third-order valence-electron chi connectivity index (χ3n) is 2.39. The van der Waals surface area contributed by atoms with Gasteiger partial charge in [0.15, 0.2) is 11.0 Å². The zero-order valence-corrected chi connectivity index (χ0v) is 11.6. The molecule has 1 N–H and O–H groups in total. The first kappa shape index (κ1) is 13.5. The number of aryl methyl sites for hydroxylation is 3. The van der Waals surface area contributed by atoms with E-state index in [1.807, 2.05) is 19.9 Å². The Balaban J connectivity index is 2.33. The molecule has 0 aliphatic rings. The molecule has 2 aromatic rings. The molecular weight excluding hydrogens is 266 g/mol. The fourth-order valence-electron chi connectivity index (χ4n) is 1.51. The lowest BCUT2D eigenvalue weighted by atomic mass is 10.2. The summed E-state index contributed by atoms with van der Waals surface area (Å²) in [5, 5.41) is 21.5. The summed E-state index contributed by atoms with van der Waals surface area (Å²) in [6.45, 7) is 3.68. The molecule has 0 aliphatic heterocycles. The molecule has 0 saturated heterocycles. The Labute approximate surface area is 114 Å². The van der Waals surface area contributed by atoms with Gasteiger partial charge < -0.3 is 5.11 Å². The van der Waals surface area contributed by atoms with Crippen LogP contribution in [-0.2, 0) is 11.8 Å². The zero-order valence-electron chi connectivity index (χ0n) is 10.8. The Bertz CT molecular complexity index is 626. The third kappa shape index (κ3) is 3.08. The van der Waals surface area contributed by atoms with Crippen molar-refractivity contribution < 1.29 is 9.90 Å². The van der Waals surface area contributed by atoms with Gasteiger partial charge in [-0.25, -0.2) is 9.67 Å². The van der Waals surface area contributed by atoms with Crippen LogP contribution in [0.1, 0.15) is 11.4 Å². The van der Waals surface area contributed by atoms with Gasteiger partial charge in [-0.05, 0) is 19.9 Å². The minimum atomic E-state index is -0.882. The van der Waals surface area contributed by atoms with Gasteiger partial charge in [0.2, 0.25) is 0 Å². The lowest BCUT2D eigenvalue weighted by molar-refractivity contribution is -0.133. The van der Waals surface area contributed by atoms with E-state index in [0.29, 0.717) is 11.0 Å². The number of carboxylic acid groups (broad SMARTS) is 1. The first-order chi connectivity index (χ1) is 8.97. The molecule has 100 valence electrons. The highest BCUT2D eigenvalue weighted by Gasteiger charge is 2.14. The molecule has 0 unspecified atom stereocenters. The van der Waals surface area contributed by atoms with E-state index < -0.39 is 5.97 Å². The van der Waals surface area contributed by atoms with Gasteiger partial charge in [-0.15, -0.1) is 0 Å². The maximum atomic E-state index is 10.6. The summed E-state index contributed by atoms with van der Waals surface area (Å²) in [4.78, 5) is 14.9. The predicted molar refractivity (Wildman–Crippen MR) is 69.9 cm³/mol. The molecule has 2 aromatic heterocycles. The average Bonchev–Trinajstić information content (AvgIpc) is 2.71. The lowest BCUT2D eigenvalue weighted by Gasteiger charge is -1.99. The Hall–Kier alpha value is -1.96. The normalized spacial score (nSPS) is 10.7. The number of carboxylic acids is 1. The van der Waals surface area contributed by atoms with Crippen LogP contribution in [0.3, 0.4) is 0 Å². The van der Waals surface area contributed by atoms with Crippen molar-refractivity contribution >= 4 is 17.7 Å². The average molecular weight is 279 g/mol. The van der Waals surface area contributed by atoms with Crippen LogP contribution in [0.2, 0.25) is 0 Å². The molecule has 0 aliphatic carbocycles. The van der Waals surface area contributed by atoms with Crippen molar-refractivity contribution in [3.8, 4) is 11.4 Å². The summed E-state index contributed by atoms with van der Waals surface area (Å²) in [5.41, 5.74) is 2.34. The van der Waals surface area contributed by atoms with Crippen molar-refractivity contribution in [2.24, 2.45) is 7.05 Å². The number of hydrogen-bond acceptors (Lipinski definition) is 6. The van der Waals surface area contributed by atoms with Crippen LogP contribution >= 0.6 is 11.8 Å². The van der Waals surface area contributed by atoms with Gasteiger partial charge in [-0.3, -0.25) is 4.79 Å². The summed E-state index contributed by atoms with van der Waals surface area (Å²) < 4.78 is 1.57. The predicted octanol–water partition coefficient (Wildman–Crippen LogP) is 1.07. The lowest BCUT2D eigenvalue weighted by Crippen LogP contribution is -2.00. The Morgan fingerprint density at radius 3 is 2.84 bits per heavy atom. The second-order valence-corrected chi connectivity index (χ2v) is 4.95. The molecule has 0 amide bonds. The highest BCUT2D eigenvalue weighted by molar-refractivity contribution is 7.99. The summed E-state index contributed by atoms with van der Waals surface area (Å²) >= 11 is 1.13.